The maximum absolute atomic E-state index is 13.5. The van der Waals surface area contributed by atoms with Crippen LogP contribution in [0.4, 0.5) is 30.2 Å². The number of para-hydroxylation sites is 1. The molecule has 2 aliphatic heterocycles. The van der Waals surface area contributed by atoms with E-state index in [4.69, 9.17) is 10.5 Å². The minimum absolute atomic E-state index is 0.230. The van der Waals surface area contributed by atoms with Crippen LogP contribution in [0.1, 0.15) is 18.9 Å². The molecule has 1 unspecified atom stereocenters. The second kappa shape index (κ2) is 14.2. The number of carbonyl (C=O) groups is 1. The summed E-state index contributed by atoms with van der Waals surface area (Å²) in [6.45, 7) is 7.92. The zero-order chi connectivity index (χ0) is 32.3. The lowest BCUT2D eigenvalue weighted by atomic mass is 10.1. The molecule has 0 amide bonds. The summed E-state index contributed by atoms with van der Waals surface area (Å²) in [6, 6.07) is 23.7. The highest BCUT2D eigenvalue weighted by Crippen LogP contribution is 2.49. The molecular formula is C35H37F3N4O2S2. The van der Waals surface area contributed by atoms with E-state index in [1.165, 1.54) is 35.7 Å². The van der Waals surface area contributed by atoms with Gasteiger partial charge in [0.1, 0.15) is 11.9 Å². The molecule has 0 aromatic heterocycles. The molecule has 1 atom stereocenters. The Labute approximate surface area is 276 Å². The number of ether oxygens (including phenoxy) is 1. The van der Waals surface area contributed by atoms with Crippen molar-refractivity contribution in [3.8, 4) is 0 Å². The molecular weight excluding hydrogens is 630 g/mol. The molecule has 1 saturated heterocycles. The van der Waals surface area contributed by atoms with Crippen molar-refractivity contribution in [3.05, 3.63) is 84.4 Å². The first-order valence-corrected chi connectivity index (χ1v) is 17.2. The van der Waals surface area contributed by atoms with Gasteiger partial charge in [0.25, 0.3) is 0 Å². The number of nitrogen functional groups attached to an aromatic ring is 1. The van der Waals surface area contributed by atoms with E-state index in [9.17, 15) is 18.0 Å². The summed E-state index contributed by atoms with van der Waals surface area (Å²) in [6.07, 6.45) is -3.56. The van der Waals surface area contributed by atoms with Crippen LogP contribution in [0.15, 0.2) is 93.5 Å². The van der Waals surface area contributed by atoms with Crippen LogP contribution in [0.5, 0.6) is 0 Å². The molecule has 2 heterocycles. The Morgan fingerprint density at radius 2 is 1.54 bits per heavy atom. The highest BCUT2D eigenvalue weighted by atomic mass is 32.2. The number of hydrogen-bond acceptors (Lipinski definition) is 8. The predicted octanol–water partition coefficient (Wildman–Crippen LogP) is 7.78. The molecule has 1 fully saturated rings. The molecule has 4 aromatic carbocycles. The van der Waals surface area contributed by atoms with Gasteiger partial charge in [-0.15, -0.1) is 11.8 Å². The predicted molar refractivity (Wildman–Crippen MR) is 181 cm³/mol. The van der Waals surface area contributed by atoms with E-state index in [2.05, 4.69) is 9.80 Å². The topological polar surface area (TPSA) is 62.0 Å². The average Bonchev–Trinajstić information content (AvgIpc) is 3.05. The minimum atomic E-state index is -4.38. The monoisotopic (exact) mass is 666 g/mol. The molecule has 0 spiro atoms. The first kappa shape index (κ1) is 32.6. The van der Waals surface area contributed by atoms with Gasteiger partial charge >= 0.3 is 12.1 Å². The molecule has 6 nitrogen and oxygen atoms in total. The summed E-state index contributed by atoms with van der Waals surface area (Å²) < 4.78 is 46.2. The Balaban J connectivity index is 0.951. The second-order valence-corrected chi connectivity index (χ2v) is 14.0. The van der Waals surface area contributed by atoms with Gasteiger partial charge in [-0.2, -0.15) is 13.2 Å². The van der Waals surface area contributed by atoms with E-state index >= 15 is 0 Å². The number of hydrogen-bond donors (Lipinski definition) is 1. The zero-order valence-electron chi connectivity index (χ0n) is 25.6. The molecule has 0 aliphatic carbocycles. The van der Waals surface area contributed by atoms with Gasteiger partial charge < -0.3 is 20.3 Å². The summed E-state index contributed by atoms with van der Waals surface area (Å²) in [5, 5.41) is 1.67. The molecule has 0 radical (unpaired) electrons. The first-order valence-electron chi connectivity index (χ1n) is 15.5. The first-order chi connectivity index (χ1) is 22.2. The van der Waals surface area contributed by atoms with Gasteiger partial charge in [-0.1, -0.05) is 48.2 Å². The zero-order valence-corrected chi connectivity index (χ0v) is 27.3. The quantitative estimate of drug-likeness (QED) is 0.105. The normalized spacial score (nSPS) is 16.2. The average molecular weight is 667 g/mol. The third-order valence-corrected chi connectivity index (χ3v) is 10.8. The van der Waals surface area contributed by atoms with Gasteiger partial charge in [0.2, 0.25) is 0 Å². The molecule has 2 aliphatic rings. The van der Waals surface area contributed by atoms with Crippen molar-refractivity contribution in [1.29, 1.82) is 0 Å². The van der Waals surface area contributed by atoms with Crippen LogP contribution in [-0.2, 0) is 15.7 Å². The number of rotatable bonds is 10. The van der Waals surface area contributed by atoms with Gasteiger partial charge in [0, 0.05) is 65.0 Å². The van der Waals surface area contributed by atoms with Gasteiger partial charge in [0.15, 0.2) is 0 Å². The molecule has 11 heteroatoms. The fourth-order valence-corrected chi connectivity index (χ4v) is 8.04. The number of thioether (sulfide) groups is 1. The van der Waals surface area contributed by atoms with Crippen molar-refractivity contribution in [2.24, 2.45) is 0 Å². The number of fused-ring (bicyclic) bond motifs is 3. The number of benzene rings is 4. The van der Waals surface area contributed by atoms with E-state index in [1.54, 1.807) is 6.07 Å². The molecule has 46 heavy (non-hydrogen) atoms. The van der Waals surface area contributed by atoms with Crippen molar-refractivity contribution in [2.75, 3.05) is 63.1 Å². The van der Waals surface area contributed by atoms with Crippen molar-refractivity contribution in [2.45, 2.75) is 39.5 Å². The maximum atomic E-state index is 13.5. The lowest BCUT2D eigenvalue weighted by molar-refractivity contribution is -0.143. The van der Waals surface area contributed by atoms with E-state index < -0.39 is 11.7 Å². The van der Waals surface area contributed by atoms with Crippen molar-refractivity contribution < 1.29 is 22.7 Å². The minimum Gasteiger partial charge on any atom is -0.463 e. The van der Waals surface area contributed by atoms with Gasteiger partial charge in [-0.25, -0.2) is 0 Å². The lowest BCUT2D eigenvalue weighted by Crippen LogP contribution is -2.47. The molecule has 0 bridgehead atoms. The number of piperazine rings is 1. The van der Waals surface area contributed by atoms with Crippen molar-refractivity contribution in [3.63, 3.8) is 0 Å². The standard InChI is InChI=1S/C35H37F3N4O2S2/c1-24(45-31-14-12-28(39)26-7-2-3-8-27(26)31)34(43)44-22-21-41-19-17-40(18-20-41)15-6-16-42-29-9-4-5-10-32(29)46-33-13-11-25(23-30(33)42)35(36,37)38/h2-5,7-14,23-24H,6,15-22,39H2,1H3. The molecule has 0 saturated carbocycles. The fourth-order valence-electron chi connectivity index (χ4n) is 5.96. The summed E-state index contributed by atoms with van der Waals surface area (Å²) in [5.41, 5.74) is 7.79. The summed E-state index contributed by atoms with van der Waals surface area (Å²) in [5.74, 6) is -0.230. The second-order valence-electron chi connectivity index (χ2n) is 11.6. The SMILES string of the molecule is CC(Sc1ccc(N)c2ccccc12)C(=O)OCCN1CCN(CCCN2c3ccccc3Sc3ccc(C(F)(F)F)cc32)CC1. The Morgan fingerprint density at radius 1 is 0.870 bits per heavy atom. The summed E-state index contributed by atoms with van der Waals surface area (Å²) in [7, 11) is 0. The number of nitrogens with zero attached hydrogens (tertiary/aromatic N) is 3. The smallest absolute Gasteiger partial charge is 0.416 e. The molecule has 242 valence electrons. The van der Waals surface area contributed by atoms with Crippen LogP contribution in [0.2, 0.25) is 0 Å². The number of carbonyl (C=O) groups excluding carboxylic acids is 1. The summed E-state index contributed by atoms with van der Waals surface area (Å²) >= 11 is 3.00. The van der Waals surface area contributed by atoms with Gasteiger partial charge in [-0.3, -0.25) is 9.69 Å². The number of alkyl halides is 3. The van der Waals surface area contributed by atoms with Crippen LogP contribution in [-0.4, -0.2) is 73.4 Å². The molecule has 6 rings (SSSR count). The lowest BCUT2D eigenvalue weighted by Gasteiger charge is -2.36. The van der Waals surface area contributed by atoms with Crippen LogP contribution < -0.4 is 10.6 Å². The van der Waals surface area contributed by atoms with E-state index in [-0.39, 0.29) is 11.2 Å². The molecule has 2 N–H and O–H groups in total. The van der Waals surface area contributed by atoms with Gasteiger partial charge in [-0.05, 0) is 67.7 Å². The Kier molecular flexibility index (Phi) is 10.0. The van der Waals surface area contributed by atoms with E-state index in [0.717, 1.165) is 76.0 Å². The van der Waals surface area contributed by atoms with Gasteiger partial charge in [0.05, 0.1) is 16.9 Å². The van der Waals surface area contributed by atoms with Crippen LogP contribution in [0.25, 0.3) is 10.8 Å². The number of halogens is 3. The number of esters is 1. The maximum Gasteiger partial charge on any atom is 0.416 e. The van der Waals surface area contributed by atoms with Crippen LogP contribution >= 0.6 is 23.5 Å². The highest BCUT2D eigenvalue weighted by Gasteiger charge is 2.33. The fraction of sp³-hybridized carbons (Fsp3) is 0.343. The van der Waals surface area contributed by atoms with E-state index in [0.29, 0.717) is 25.4 Å². The van der Waals surface area contributed by atoms with Crippen LogP contribution in [0, 0.1) is 0 Å². The number of nitrogens with two attached hydrogens (primary N) is 1. The van der Waals surface area contributed by atoms with E-state index in [1.807, 2.05) is 72.5 Å². The Hall–Kier alpha value is -3.38. The van der Waals surface area contributed by atoms with Crippen molar-refractivity contribution >= 4 is 57.3 Å². The van der Waals surface area contributed by atoms with Crippen molar-refractivity contribution in [1.82, 2.24) is 9.80 Å². The molecule has 4 aromatic rings. The third kappa shape index (κ3) is 7.43. The Morgan fingerprint density at radius 3 is 2.30 bits per heavy atom. The number of anilines is 3. The van der Waals surface area contributed by atoms with Crippen LogP contribution in [0.3, 0.4) is 0 Å². The summed E-state index contributed by atoms with van der Waals surface area (Å²) in [4.78, 5) is 22.4. The third-order valence-electron chi connectivity index (χ3n) is 8.48. The largest absolute Gasteiger partial charge is 0.463 e. The highest BCUT2D eigenvalue weighted by molar-refractivity contribution is 8.00. The Bertz CT molecular complexity index is 1690.